The summed E-state index contributed by atoms with van der Waals surface area (Å²) in [5.74, 6) is 0.811. The summed E-state index contributed by atoms with van der Waals surface area (Å²) in [5.41, 5.74) is 1.75. The molecule has 1 aliphatic rings. The molecule has 0 unspecified atom stereocenters. The molecule has 1 saturated carbocycles. The Morgan fingerprint density at radius 3 is 2.32 bits per heavy atom. The van der Waals surface area contributed by atoms with E-state index < -0.39 is 0 Å². The van der Waals surface area contributed by atoms with Crippen LogP contribution in [0.2, 0.25) is 0 Å². The second-order valence-corrected chi connectivity index (χ2v) is 7.07. The van der Waals surface area contributed by atoms with E-state index in [2.05, 4.69) is 15.6 Å². The number of anilines is 1. The van der Waals surface area contributed by atoms with Crippen molar-refractivity contribution in [2.75, 3.05) is 11.9 Å². The summed E-state index contributed by atoms with van der Waals surface area (Å²) < 4.78 is 5.41. The molecule has 0 radical (unpaired) electrons. The van der Waals surface area contributed by atoms with Gasteiger partial charge in [-0.1, -0.05) is 6.07 Å². The third-order valence-electron chi connectivity index (χ3n) is 5.09. The molecule has 1 fully saturated rings. The number of hydrogen-bond acceptors (Lipinski definition) is 4. The molecule has 2 aromatic rings. The van der Waals surface area contributed by atoms with Gasteiger partial charge in [0.15, 0.2) is 0 Å². The molecular weight excluding hydrogens is 354 g/mol. The van der Waals surface area contributed by atoms with E-state index in [1.807, 2.05) is 43.3 Å². The topological polar surface area (TPSA) is 80.3 Å². The summed E-state index contributed by atoms with van der Waals surface area (Å²) in [6, 6.07) is 11.2. The maximum Gasteiger partial charge on any atom is 0.227 e. The number of aromatic nitrogens is 1. The zero-order valence-corrected chi connectivity index (χ0v) is 16.2. The molecule has 2 amide bonds. The van der Waals surface area contributed by atoms with E-state index in [4.69, 9.17) is 4.74 Å². The molecule has 0 atom stereocenters. The van der Waals surface area contributed by atoms with E-state index in [0.29, 0.717) is 13.2 Å². The molecule has 3 rings (SSSR count). The Bertz CT molecular complexity index is 769. The van der Waals surface area contributed by atoms with Gasteiger partial charge in [0.05, 0.1) is 6.61 Å². The van der Waals surface area contributed by atoms with Crippen LogP contribution < -0.4 is 15.4 Å². The molecule has 1 aromatic carbocycles. The predicted molar refractivity (Wildman–Crippen MR) is 108 cm³/mol. The number of benzene rings is 1. The fourth-order valence-electron chi connectivity index (χ4n) is 3.50. The van der Waals surface area contributed by atoms with Crippen molar-refractivity contribution < 1.29 is 14.3 Å². The van der Waals surface area contributed by atoms with Gasteiger partial charge in [-0.05, 0) is 68.5 Å². The molecule has 0 bridgehead atoms. The van der Waals surface area contributed by atoms with Crippen molar-refractivity contribution in [1.82, 2.24) is 10.3 Å². The third-order valence-corrected chi connectivity index (χ3v) is 5.09. The maximum atomic E-state index is 12.5. The molecule has 0 aliphatic heterocycles. The van der Waals surface area contributed by atoms with Crippen LogP contribution in [0.5, 0.6) is 5.75 Å². The van der Waals surface area contributed by atoms with Crippen LogP contribution in [0.25, 0.3) is 0 Å². The van der Waals surface area contributed by atoms with Gasteiger partial charge >= 0.3 is 0 Å². The Morgan fingerprint density at radius 1 is 1.04 bits per heavy atom. The molecular formula is C22H27N3O3. The fourth-order valence-corrected chi connectivity index (χ4v) is 3.50. The number of pyridine rings is 1. The van der Waals surface area contributed by atoms with Crippen LogP contribution >= 0.6 is 0 Å². The van der Waals surface area contributed by atoms with Gasteiger partial charge in [-0.2, -0.15) is 0 Å². The zero-order valence-electron chi connectivity index (χ0n) is 16.2. The highest BCUT2D eigenvalue weighted by Gasteiger charge is 2.29. The first kappa shape index (κ1) is 19.9. The molecule has 2 N–H and O–H groups in total. The van der Waals surface area contributed by atoms with Gasteiger partial charge in [0.1, 0.15) is 5.75 Å². The van der Waals surface area contributed by atoms with Gasteiger partial charge in [0.2, 0.25) is 11.8 Å². The first-order valence-corrected chi connectivity index (χ1v) is 9.86. The minimum Gasteiger partial charge on any atom is -0.494 e. The van der Waals surface area contributed by atoms with Gasteiger partial charge < -0.3 is 15.4 Å². The molecule has 1 heterocycles. The standard InChI is InChI=1S/C22H27N3O3/c1-2-28-20-11-9-19(10-12-20)25-22(27)18-7-5-17(6-8-18)21(26)24-15-16-4-3-13-23-14-16/h3-4,9-14,17-18H,2,5-8,15H2,1H3,(H,24,26)(H,25,27). The normalized spacial score (nSPS) is 18.9. The van der Waals surface area contributed by atoms with Crippen molar-refractivity contribution >= 4 is 17.5 Å². The lowest BCUT2D eigenvalue weighted by Gasteiger charge is -2.27. The highest BCUT2D eigenvalue weighted by atomic mass is 16.5. The Morgan fingerprint density at radius 2 is 1.71 bits per heavy atom. The Balaban J connectivity index is 1.42. The quantitative estimate of drug-likeness (QED) is 0.769. The number of nitrogens with zero attached hydrogens (tertiary/aromatic N) is 1. The summed E-state index contributed by atoms with van der Waals surface area (Å²) in [6.45, 7) is 3.04. The molecule has 28 heavy (non-hydrogen) atoms. The summed E-state index contributed by atoms with van der Waals surface area (Å²) in [7, 11) is 0. The molecule has 148 valence electrons. The second kappa shape index (κ2) is 9.88. The maximum absolute atomic E-state index is 12.5. The third kappa shape index (κ3) is 5.55. The van der Waals surface area contributed by atoms with Gasteiger partial charge in [-0.15, -0.1) is 0 Å². The Kier molecular flexibility index (Phi) is 7.00. The van der Waals surface area contributed by atoms with Crippen molar-refractivity contribution in [1.29, 1.82) is 0 Å². The number of ether oxygens (including phenoxy) is 1. The van der Waals surface area contributed by atoms with Crippen LogP contribution in [0.1, 0.15) is 38.2 Å². The van der Waals surface area contributed by atoms with E-state index in [1.165, 1.54) is 0 Å². The van der Waals surface area contributed by atoms with E-state index in [1.54, 1.807) is 12.4 Å². The number of nitrogens with one attached hydrogen (secondary N) is 2. The number of carbonyl (C=O) groups excluding carboxylic acids is 2. The van der Waals surface area contributed by atoms with Crippen LogP contribution in [0, 0.1) is 11.8 Å². The van der Waals surface area contributed by atoms with E-state index in [0.717, 1.165) is 42.7 Å². The lowest BCUT2D eigenvalue weighted by atomic mass is 9.81. The first-order valence-electron chi connectivity index (χ1n) is 9.86. The smallest absolute Gasteiger partial charge is 0.227 e. The zero-order chi connectivity index (χ0) is 19.8. The largest absolute Gasteiger partial charge is 0.494 e. The SMILES string of the molecule is CCOc1ccc(NC(=O)C2CCC(C(=O)NCc3cccnc3)CC2)cc1. The Labute approximate surface area is 165 Å². The molecule has 1 aliphatic carbocycles. The molecule has 0 saturated heterocycles. The van der Waals surface area contributed by atoms with Gasteiger partial charge in [0.25, 0.3) is 0 Å². The van der Waals surface area contributed by atoms with Crippen LogP contribution in [0.3, 0.4) is 0 Å². The monoisotopic (exact) mass is 381 g/mol. The Hall–Kier alpha value is -2.89. The van der Waals surface area contributed by atoms with Crippen molar-refractivity contribution in [3.63, 3.8) is 0 Å². The van der Waals surface area contributed by atoms with Crippen LogP contribution in [-0.4, -0.2) is 23.4 Å². The van der Waals surface area contributed by atoms with Crippen LogP contribution in [-0.2, 0) is 16.1 Å². The average molecular weight is 381 g/mol. The molecule has 6 nitrogen and oxygen atoms in total. The van der Waals surface area contributed by atoms with Gasteiger partial charge in [0, 0.05) is 36.5 Å². The average Bonchev–Trinajstić information content (AvgIpc) is 2.74. The van der Waals surface area contributed by atoms with E-state index >= 15 is 0 Å². The van der Waals surface area contributed by atoms with Crippen molar-refractivity contribution in [2.24, 2.45) is 11.8 Å². The number of amides is 2. The van der Waals surface area contributed by atoms with E-state index in [9.17, 15) is 9.59 Å². The highest BCUT2D eigenvalue weighted by Crippen LogP contribution is 2.30. The summed E-state index contributed by atoms with van der Waals surface area (Å²) >= 11 is 0. The number of rotatable bonds is 7. The van der Waals surface area contributed by atoms with Gasteiger partial charge in [-0.25, -0.2) is 0 Å². The summed E-state index contributed by atoms with van der Waals surface area (Å²) in [5, 5.41) is 5.95. The van der Waals surface area contributed by atoms with Crippen molar-refractivity contribution in [3.05, 3.63) is 54.4 Å². The fraction of sp³-hybridized carbons (Fsp3) is 0.409. The number of carbonyl (C=O) groups is 2. The lowest BCUT2D eigenvalue weighted by Crippen LogP contribution is -2.35. The van der Waals surface area contributed by atoms with E-state index in [-0.39, 0.29) is 23.7 Å². The van der Waals surface area contributed by atoms with Gasteiger partial charge in [-0.3, -0.25) is 14.6 Å². The number of hydrogen-bond donors (Lipinski definition) is 2. The molecule has 0 spiro atoms. The lowest BCUT2D eigenvalue weighted by molar-refractivity contribution is -0.128. The minimum absolute atomic E-state index is 0.0220. The first-order chi connectivity index (χ1) is 13.7. The van der Waals surface area contributed by atoms with Crippen LogP contribution in [0.15, 0.2) is 48.8 Å². The minimum atomic E-state index is -0.0473. The second-order valence-electron chi connectivity index (χ2n) is 7.07. The molecule has 6 heteroatoms. The predicted octanol–water partition coefficient (Wildman–Crippen LogP) is 3.54. The van der Waals surface area contributed by atoms with Crippen molar-refractivity contribution in [3.8, 4) is 5.75 Å². The summed E-state index contributed by atoms with van der Waals surface area (Å²) in [6.07, 6.45) is 6.40. The molecule has 1 aromatic heterocycles. The summed E-state index contributed by atoms with van der Waals surface area (Å²) in [4.78, 5) is 28.9. The van der Waals surface area contributed by atoms with Crippen molar-refractivity contribution in [2.45, 2.75) is 39.2 Å². The van der Waals surface area contributed by atoms with Crippen LogP contribution in [0.4, 0.5) is 5.69 Å². The highest BCUT2D eigenvalue weighted by molar-refractivity contribution is 5.92.